The third-order valence-corrected chi connectivity index (χ3v) is 12.9. The first-order valence-corrected chi connectivity index (χ1v) is 17.0. The van der Waals surface area contributed by atoms with Crippen molar-refractivity contribution in [2.45, 2.75) is 32.5 Å². The van der Waals surface area contributed by atoms with Gasteiger partial charge in [0.15, 0.2) is 22.0 Å². The van der Waals surface area contributed by atoms with Crippen molar-refractivity contribution in [2.24, 2.45) is 0 Å². The second kappa shape index (κ2) is 17.9. The SMILES string of the molecule is CC(C)(c1ccc(O)cc1)c1c(Br)cc(OBr)c(Br)c1Br.OCCO.OCc1c(Br)c(Br)c(CO)c(Br)c1Br. The smallest absolute Gasteiger partial charge is 0.179 e. The lowest BCUT2D eigenvalue weighted by Crippen LogP contribution is -2.20. The largest absolute Gasteiger partial charge is 0.508 e. The van der Waals surface area contributed by atoms with Crippen LogP contribution in [0.2, 0.25) is 0 Å². The van der Waals surface area contributed by atoms with Gasteiger partial charge >= 0.3 is 0 Å². The minimum Gasteiger partial charge on any atom is -0.508 e. The van der Waals surface area contributed by atoms with E-state index in [1.165, 1.54) is 0 Å². The van der Waals surface area contributed by atoms with Gasteiger partial charge in [-0.05, 0) is 125 Å². The quantitative estimate of drug-likeness (QED) is 0.158. The Balaban J connectivity index is 0.000000364. The van der Waals surface area contributed by atoms with Crippen molar-refractivity contribution >= 4 is 128 Å². The predicted molar refractivity (Wildman–Crippen MR) is 183 cm³/mol. The standard InChI is InChI=1S/C15H12Br4O2.C8H6Br4O2.C2H6O2/c1-15(2,8-3-5-9(20)6-4-8)12-10(16)7-11(21-19)13(17)14(12)18;9-5-3(1-13)6(10)8(12)4(2-14)7(5)11;3-1-2-4/h3-7,20H,1-2H3;13-14H,1-2H2;3-4H,1-2H2. The maximum absolute atomic E-state index is 9.47. The molecular weight excluding hydrogens is 1040 g/mol. The highest BCUT2D eigenvalue weighted by Gasteiger charge is 2.30. The van der Waals surface area contributed by atoms with Crippen LogP contribution in [0.5, 0.6) is 11.5 Å². The molecule has 0 atom stereocenters. The Hall–Kier alpha value is 0.940. The summed E-state index contributed by atoms with van der Waals surface area (Å²) in [7, 11) is 0. The van der Waals surface area contributed by atoms with Crippen LogP contribution >= 0.6 is 128 Å². The molecule has 0 aliphatic carbocycles. The van der Waals surface area contributed by atoms with Crippen molar-refractivity contribution in [3.05, 3.63) is 83.9 Å². The van der Waals surface area contributed by atoms with E-state index in [0.717, 1.165) is 53.6 Å². The van der Waals surface area contributed by atoms with Crippen LogP contribution in [0.3, 0.4) is 0 Å². The molecule has 216 valence electrons. The van der Waals surface area contributed by atoms with Gasteiger partial charge in [-0.3, -0.25) is 0 Å². The molecule has 0 amide bonds. The number of phenolic OH excluding ortho intramolecular Hbond substituents is 1. The average Bonchev–Trinajstić information content (AvgIpc) is 2.91. The number of aliphatic hydroxyl groups is 4. The summed E-state index contributed by atoms with van der Waals surface area (Å²) >= 11 is 27.2. The Bertz CT molecular complexity index is 1190. The highest BCUT2D eigenvalue weighted by Crippen LogP contribution is 2.47. The molecule has 0 fully saturated rings. The van der Waals surface area contributed by atoms with Crippen molar-refractivity contribution in [1.82, 2.24) is 0 Å². The average molecular weight is 1060 g/mol. The second-order valence-corrected chi connectivity index (χ2v) is 14.0. The minimum absolute atomic E-state index is 0.0793. The summed E-state index contributed by atoms with van der Waals surface area (Å²) < 4.78 is 10.9. The molecule has 14 heteroatoms. The highest BCUT2D eigenvalue weighted by molar-refractivity contribution is 9.14. The van der Waals surface area contributed by atoms with Gasteiger partial charge in [0.05, 0.1) is 30.9 Å². The van der Waals surface area contributed by atoms with E-state index in [-0.39, 0.29) is 37.6 Å². The number of aromatic hydroxyl groups is 1. The minimum atomic E-state index is -0.265. The zero-order chi connectivity index (χ0) is 30.1. The van der Waals surface area contributed by atoms with Crippen LogP contribution in [0.4, 0.5) is 0 Å². The Kier molecular flexibility index (Phi) is 17.4. The topological polar surface area (TPSA) is 110 Å². The summed E-state index contributed by atoms with van der Waals surface area (Å²) in [5.74, 6) is 0.941. The molecule has 39 heavy (non-hydrogen) atoms. The van der Waals surface area contributed by atoms with Gasteiger partial charge in [0.25, 0.3) is 0 Å². The number of phenols is 1. The lowest BCUT2D eigenvalue weighted by Gasteiger charge is -2.29. The summed E-state index contributed by atoms with van der Waals surface area (Å²) in [6.07, 6.45) is 0. The van der Waals surface area contributed by atoms with Crippen LogP contribution in [0.15, 0.2) is 61.6 Å². The summed E-state index contributed by atoms with van der Waals surface area (Å²) in [6, 6.07) is 9.16. The van der Waals surface area contributed by atoms with Crippen molar-refractivity contribution in [2.75, 3.05) is 13.2 Å². The zero-order valence-electron chi connectivity index (χ0n) is 20.4. The summed E-state index contributed by atoms with van der Waals surface area (Å²) in [5.41, 5.74) is 3.40. The Morgan fingerprint density at radius 2 is 1.08 bits per heavy atom. The second-order valence-electron chi connectivity index (χ2n) is 8.08. The van der Waals surface area contributed by atoms with Crippen molar-refractivity contribution in [1.29, 1.82) is 0 Å². The number of benzene rings is 3. The molecule has 0 saturated heterocycles. The van der Waals surface area contributed by atoms with Crippen LogP contribution in [-0.4, -0.2) is 38.7 Å². The molecule has 0 radical (unpaired) electrons. The van der Waals surface area contributed by atoms with Crippen LogP contribution in [0.25, 0.3) is 0 Å². The molecule has 0 aromatic heterocycles. The third-order valence-electron chi connectivity index (χ3n) is 5.28. The number of rotatable bonds is 6. The van der Waals surface area contributed by atoms with Crippen LogP contribution in [0.1, 0.15) is 36.1 Å². The monoisotopic (exact) mass is 1050 g/mol. The van der Waals surface area contributed by atoms with Crippen molar-refractivity contribution in [3.8, 4) is 11.5 Å². The molecule has 0 unspecified atom stereocenters. The van der Waals surface area contributed by atoms with Crippen molar-refractivity contribution in [3.63, 3.8) is 0 Å². The van der Waals surface area contributed by atoms with Gasteiger partial charge in [0.1, 0.15) is 5.75 Å². The third kappa shape index (κ3) is 9.72. The van der Waals surface area contributed by atoms with Gasteiger partial charge in [-0.25, -0.2) is 0 Å². The maximum atomic E-state index is 9.47. The number of hydrogen-bond acceptors (Lipinski definition) is 6. The molecule has 0 aliphatic heterocycles. The lowest BCUT2D eigenvalue weighted by molar-refractivity contribution is 0.186. The van der Waals surface area contributed by atoms with Gasteiger partial charge < -0.3 is 29.4 Å². The molecule has 6 nitrogen and oxygen atoms in total. The van der Waals surface area contributed by atoms with E-state index in [1.807, 2.05) is 18.2 Å². The van der Waals surface area contributed by atoms with Gasteiger partial charge in [0.2, 0.25) is 0 Å². The van der Waals surface area contributed by atoms with E-state index in [2.05, 4.69) is 142 Å². The first-order chi connectivity index (χ1) is 18.2. The number of aliphatic hydroxyl groups excluding tert-OH is 4. The fourth-order valence-electron chi connectivity index (χ4n) is 3.23. The molecule has 3 aromatic rings. The van der Waals surface area contributed by atoms with E-state index in [4.69, 9.17) is 24.3 Å². The summed E-state index contributed by atoms with van der Waals surface area (Å²) in [5, 5.41) is 43.0. The van der Waals surface area contributed by atoms with E-state index in [1.54, 1.807) is 12.1 Å². The molecular formula is C25H24Br8O6. The first-order valence-electron chi connectivity index (χ1n) is 10.8. The van der Waals surface area contributed by atoms with Crippen molar-refractivity contribution < 1.29 is 29.4 Å². The lowest BCUT2D eigenvalue weighted by atomic mass is 9.78. The van der Waals surface area contributed by atoms with Gasteiger partial charge in [0, 0.05) is 43.4 Å². The highest BCUT2D eigenvalue weighted by atomic mass is 79.9. The van der Waals surface area contributed by atoms with E-state index in [0.29, 0.717) is 5.75 Å². The van der Waals surface area contributed by atoms with Crippen LogP contribution < -0.4 is 3.83 Å². The normalized spacial score (nSPS) is 10.8. The Labute approximate surface area is 294 Å². The first kappa shape index (κ1) is 38.0. The van der Waals surface area contributed by atoms with Crippen LogP contribution in [0, 0.1) is 0 Å². The number of hydrogen-bond donors (Lipinski definition) is 5. The maximum Gasteiger partial charge on any atom is 0.179 e. The molecule has 0 bridgehead atoms. The molecule has 0 heterocycles. The van der Waals surface area contributed by atoms with Gasteiger partial charge in [-0.2, -0.15) is 0 Å². The van der Waals surface area contributed by atoms with E-state index >= 15 is 0 Å². The molecule has 3 rings (SSSR count). The van der Waals surface area contributed by atoms with E-state index < -0.39 is 0 Å². The predicted octanol–water partition coefficient (Wildman–Crippen LogP) is 9.39. The summed E-state index contributed by atoms with van der Waals surface area (Å²) in [6.45, 7) is 3.85. The van der Waals surface area contributed by atoms with E-state index in [9.17, 15) is 5.11 Å². The fourth-order valence-corrected chi connectivity index (χ4v) is 8.95. The molecule has 0 saturated carbocycles. The van der Waals surface area contributed by atoms with Gasteiger partial charge in [-0.15, -0.1) is 0 Å². The molecule has 5 N–H and O–H groups in total. The molecule has 0 aliphatic rings. The van der Waals surface area contributed by atoms with Gasteiger partial charge in [-0.1, -0.05) is 41.9 Å². The number of halogens is 8. The molecule has 3 aromatic carbocycles. The Morgan fingerprint density at radius 1 is 0.667 bits per heavy atom. The summed E-state index contributed by atoms with van der Waals surface area (Å²) in [4.78, 5) is 0. The molecule has 0 spiro atoms. The fraction of sp³-hybridized carbons (Fsp3) is 0.280. The zero-order valence-corrected chi connectivity index (χ0v) is 33.1. The van der Waals surface area contributed by atoms with Crippen LogP contribution in [-0.2, 0) is 18.6 Å². The Morgan fingerprint density at radius 3 is 1.41 bits per heavy atom.